The van der Waals surface area contributed by atoms with Crippen molar-refractivity contribution in [1.29, 1.82) is 0 Å². The number of amides is 2. The molecule has 2 fully saturated rings. The number of likely N-dealkylation sites (tertiary alicyclic amines) is 1. The number of rotatable bonds is 2. The summed E-state index contributed by atoms with van der Waals surface area (Å²) >= 11 is 0. The number of hydrogen-bond acceptors (Lipinski definition) is 3. The molecule has 5 nitrogen and oxygen atoms in total. The van der Waals surface area contributed by atoms with Crippen LogP contribution in [-0.2, 0) is 4.74 Å². The molecule has 2 aliphatic heterocycles. The second kappa shape index (κ2) is 6.03. The first-order valence-corrected chi connectivity index (χ1v) is 7.58. The van der Waals surface area contributed by atoms with E-state index in [0.717, 1.165) is 45.1 Å². The van der Waals surface area contributed by atoms with Gasteiger partial charge in [-0.2, -0.15) is 0 Å². The number of hydrogen-bond donors (Lipinski definition) is 1. The molecule has 114 valence electrons. The van der Waals surface area contributed by atoms with Gasteiger partial charge in [-0.25, -0.2) is 4.79 Å². The molecule has 1 aromatic carbocycles. The summed E-state index contributed by atoms with van der Waals surface area (Å²) in [5.74, 6) is 0. The standard InChI is InChI=1S/C16H23N3O2/c1-12-3-4-14(9-13(12)2)17-16(20)19-10-15(11-19)18-5-7-21-8-6-18/h3-4,9,15H,5-8,10-11H2,1-2H3,(H,17,20). The van der Waals surface area contributed by atoms with Crippen LogP contribution in [0.5, 0.6) is 0 Å². The Morgan fingerprint density at radius 2 is 1.90 bits per heavy atom. The lowest BCUT2D eigenvalue weighted by atomic mass is 10.1. The molecule has 2 aliphatic rings. The molecule has 2 amide bonds. The summed E-state index contributed by atoms with van der Waals surface area (Å²) in [6.07, 6.45) is 0. The van der Waals surface area contributed by atoms with Gasteiger partial charge in [-0.05, 0) is 37.1 Å². The molecule has 21 heavy (non-hydrogen) atoms. The van der Waals surface area contributed by atoms with E-state index >= 15 is 0 Å². The van der Waals surface area contributed by atoms with Crippen molar-refractivity contribution in [3.05, 3.63) is 29.3 Å². The maximum absolute atomic E-state index is 12.2. The average molecular weight is 289 g/mol. The van der Waals surface area contributed by atoms with Gasteiger partial charge in [-0.15, -0.1) is 0 Å². The van der Waals surface area contributed by atoms with E-state index in [4.69, 9.17) is 4.74 Å². The highest BCUT2D eigenvalue weighted by Crippen LogP contribution is 2.19. The Hall–Kier alpha value is -1.59. The number of carbonyl (C=O) groups excluding carboxylic acids is 1. The molecule has 2 saturated heterocycles. The molecule has 2 heterocycles. The van der Waals surface area contributed by atoms with Gasteiger partial charge in [0.1, 0.15) is 0 Å². The minimum absolute atomic E-state index is 0.00256. The largest absolute Gasteiger partial charge is 0.379 e. The number of morpholine rings is 1. The lowest BCUT2D eigenvalue weighted by Crippen LogP contribution is -2.63. The zero-order valence-corrected chi connectivity index (χ0v) is 12.8. The zero-order valence-electron chi connectivity index (χ0n) is 12.8. The Bertz CT molecular complexity index is 520. The molecule has 5 heteroatoms. The number of aryl methyl sites for hydroxylation is 2. The van der Waals surface area contributed by atoms with Gasteiger partial charge in [0.25, 0.3) is 0 Å². The number of nitrogens with zero attached hydrogens (tertiary/aromatic N) is 2. The first-order chi connectivity index (χ1) is 10.1. The predicted octanol–water partition coefficient (Wildman–Crippen LogP) is 1.85. The third-order valence-corrected chi connectivity index (χ3v) is 4.47. The Labute approximate surface area is 125 Å². The van der Waals surface area contributed by atoms with Crippen molar-refractivity contribution in [2.75, 3.05) is 44.7 Å². The van der Waals surface area contributed by atoms with Gasteiger partial charge in [0.15, 0.2) is 0 Å². The first kappa shape index (κ1) is 14.4. The summed E-state index contributed by atoms with van der Waals surface area (Å²) in [6.45, 7) is 9.35. The molecule has 0 aromatic heterocycles. The summed E-state index contributed by atoms with van der Waals surface area (Å²) in [5, 5.41) is 2.98. The summed E-state index contributed by atoms with van der Waals surface area (Å²) in [7, 11) is 0. The fourth-order valence-corrected chi connectivity index (χ4v) is 2.82. The molecular formula is C16H23N3O2. The fourth-order valence-electron chi connectivity index (χ4n) is 2.82. The van der Waals surface area contributed by atoms with E-state index < -0.39 is 0 Å². The maximum Gasteiger partial charge on any atom is 0.321 e. The van der Waals surface area contributed by atoms with Crippen LogP contribution < -0.4 is 5.32 Å². The Morgan fingerprint density at radius 1 is 1.19 bits per heavy atom. The van der Waals surface area contributed by atoms with Crippen molar-refractivity contribution in [2.24, 2.45) is 0 Å². The highest BCUT2D eigenvalue weighted by molar-refractivity contribution is 5.90. The van der Waals surface area contributed by atoms with Gasteiger partial charge in [0.05, 0.1) is 13.2 Å². The monoisotopic (exact) mass is 289 g/mol. The van der Waals surface area contributed by atoms with E-state index in [1.54, 1.807) is 0 Å². The summed E-state index contributed by atoms with van der Waals surface area (Å²) in [4.78, 5) is 16.5. The molecule has 0 aliphatic carbocycles. The van der Waals surface area contributed by atoms with Crippen LogP contribution in [0.1, 0.15) is 11.1 Å². The van der Waals surface area contributed by atoms with Gasteiger partial charge in [-0.1, -0.05) is 6.07 Å². The van der Waals surface area contributed by atoms with Crippen molar-refractivity contribution >= 4 is 11.7 Å². The Kier molecular flexibility index (Phi) is 4.12. The van der Waals surface area contributed by atoms with Gasteiger partial charge in [0, 0.05) is 37.9 Å². The van der Waals surface area contributed by atoms with Crippen LogP contribution in [0.3, 0.4) is 0 Å². The van der Waals surface area contributed by atoms with Crippen LogP contribution in [0.2, 0.25) is 0 Å². The number of carbonyl (C=O) groups is 1. The molecule has 0 unspecified atom stereocenters. The van der Waals surface area contributed by atoms with Gasteiger partial charge >= 0.3 is 6.03 Å². The van der Waals surface area contributed by atoms with Crippen molar-refractivity contribution in [3.63, 3.8) is 0 Å². The predicted molar refractivity (Wildman–Crippen MR) is 82.7 cm³/mol. The van der Waals surface area contributed by atoms with Crippen LogP contribution in [0.4, 0.5) is 10.5 Å². The first-order valence-electron chi connectivity index (χ1n) is 7.58. The lowest BCUT2D eigenvalue weighted by Gasteiger charge is -2.46. The van der Waals surface area contributed by atoms with Gasteiger partial charge in [-0.3, -0.25) is 4.90 Å². The summed E-state index contributed by atoms with van der Waals surface area (Å²) in [6, 6.07) is 6.52. The molecule has 0 saturated carbocycles. The minimum atomic E-state index is 0.00256. The van der Waals surface area contributed by atoms with E-state index in [0.29, 0.717) is 6.04 Å². The third-order valence-electron chi connectivity index (χ3n) is 4.47. The van der Waals surface area contributed by atoms with E-state index in [1.165, 1.54) is 11.1 Å². The Balaban J connectivity index is 1.50. The Morgan fingerprint density at radius 3 is 2.57 bits per heavy atom. The second-order valence-electron chi connectivity index (χ2n) is 5.94. The van der Waals surface area contributed by atoms with E-state index in [2.05, 4.69) is 24.1 Å². The van der Waals surface area contributed by atoms with Crippen LogP contribution in [-0.4, -0.2) is 61.3 Å². The van der Waals surface area contributed by atoms with Crippen molar-refractivity contribution in [3.8, 4) is 0 Å². The molecule has 3 rings (SSSR count). The number of benzene rings is 1. The highest BCUT2D eigenvalue weighted by Gasteiger charge is 2.35. The van der Waals surface area contributed by atoms with Gasteiger partial charge in [0.2, 0.25) is 0 Å². The normalized spacial score (nSPS) is 20.2. The fraction of sp³-hybridized carbons (Fsp3) is 0.562. The minimum Gasteiger partial charge on any atom is -0.379 e. The van der Waals surface area contributed by atoms with Crippen molar-refractivity contribution in [2.45, 2.75) is 19.9 Å². The molecule has 0 atom stereocenters. The lowest BCUT2D eigenvalue weighted by molar-refractivity contribution is -0.0189. The van der Waals surface area contributed by atoms with Crippen molar-refractivity contribution < 1.29 is 9.53 Å². The van der Waals surface area contributed by atoms with Crippen LogP contribution in [0.25, 0.3) is 0 Å². The smallest absolute Gasteiger partial charge is 0.321 e. The van der Waals surface area contributed by atoms with Crippen LogP contribution >= 0.6 is 0 Å². The second-order valence-corrected chi connectivity index (χ2v) is 5.94. The van der Waals surface area contributed by atoms with E-state index in [1.807, 2.05) is 23.1 Å². The summed E-state index contributed by atoms with van der Waals surface area (Å²) in [5.41, 5.74) is 3.31. The van der Waals surface area contributed by atoms with E-state index in [9.17, 15) is 4.79 Å². The number of ether oxygens (including phenoxy) is 1. The topological polar surface area (TPSA) is 44.8 Å². The molecule has 1 aromatic rings. The maximum atomic E-state index is 12.2. The third kappa shape index (κ3) is 3.19. The quantitative estimate of drug-likeness (QED) is 0.904. The average Bonchev–Trinajstić information content (AvgIpc) is 2.42. The number of urea groups is 1. The SMILES string of the molecule is Cc1ccc(NC(=O)N2CC(N3CCOCC3)C2)cc1C. The molecule has 0 spiro atoms. The van der Waals surface area contributed by atoms with Crippen LogP contribution in [0, 0.1) is 13.8 Å². The van der Waals surface area contributed by atoms with Crippen LogP contribution in [0.15, 0.2) is 18.2 Å². The highest BCUT2D eigenvalue weighted by atomic mass is 16.5. The molecule has 0 radical (unpaired) electrons. The number of anilines is 1. The summed E-state index contributed by atoms with van der Waals surface area (Å²) < 4.78 is 5.36. The molecular weight excluding hydrogens is 266 g/mol. The van der Waals surface area contributed by atoms with Gasteiger partial charge < -0.3 is 15.0 Å². The van der Waals surface area contributed by atoms with E-state index in [-0.39, 0.29) is 6.03 Å². The number of nitrogens with one attached hydrogen (secondary N) is 1. The zero-order chi connectivity index (χ0) is 14.8. The van der Waals surface area contributed by atoms with Crippen molar-refractivity contribution in [1.82, 2.24) is 9.80 Å². The molecule has 1 N–H and O–H groups in total. The molecule has 0 bridgehead atoms.